The molecule has 0 aliphatic carbocycles. The molecular weight excluding hydrogens is 240 g/mol. The van der Waals surface area contributed by atoms with Crippen molar-refractivity contribution in [2.24, 2.45) is 0 Å². The lowest BCUT2D eigenvalue weighted by Crippen LogP contribution is -2.59. The first-order valence-corrected chi connectivity index (χ1v) is 8.02. The Morgan fingerprint density at radius 3 is 2.88 bits per heavy atom. The molecule has 16 heavy (non-hydrogen) atoms. The van der Waals surface area contributed by atoms with Crippen LogP contribution in [0.3, 0.4) is 0 Å². The predicted molar refractivity (Wildman–Crippen MR) is 72.2 cm³/mol. The van der Waals surface area contributed by atoms with Crippen molar-refractivity contribution in [3.63, 3.8) is 0 Å². The molecule has 0 aromatic heterocycles. The minimum Gasteiger partial charge on any atom is -0.339 e. The van der Waals surface area contributed by atoms with E-state index in [-0.39, 0.29) is 10.8 Å². The largest absolute Gasteiger partial charge is 0.339 e. The fraction of sp³-hybridized carbons (Fsp3) is 0.909. The standard InChI is InChI=1S/C11H20N2OS2/c1-11(2)8-13(4-3-12-11)10(14)9-7-15-5-6-16-9/h9,12H,3-8H2,1-2H3. The van der Waals surface area contributed by atoms with Crippen LogP contribution in [-0.2, 0) is 4.79 Å². The fourth-order valence-electron chi connectivity index (χ4n) is 2.16. The number of piperazine rings is 1. The smallest absolute Gasteiger partial charge is 0.236 e. The third-order valence-corrected chi connectivity index (χ3v) is 5.72. The van der Waals surface area contributed by atoms with E-state index in [4.69, 9.17) is 0 Å². The van der Waals surface area contributed by atoms with Gasteiger partial charge < -0.3 is 10.2 Å². The summed E-state index contributed by atoms with van der Waals surface area (Å²) in [5.74, 6) is 3.66. The summed E-state index contributed by atoms with van der Waals surface area (Å²) in [5.41, 5.74) is 0.0698. The molecule has 0 aromatic rings. The van der Waals surface area contributed by atoms with E-state index < -0.39 is 0 Å². The molecule has 1 N–H and O–H groups in total. The van der Waals surface area contributed by atoms with Gasteiger partial charge in [0.15, 0.2) is 0 Å². The van der Waals surface area contributed by atoms with E-state index in [0.29, 0.717) is 5.91 Å². The number of hydrogen-bond acceptors (Lipinski definition) is 4. The number of hydrogen-bond donors (Lipinski definition) is 1. The maximum Gasteiger partial charge on any atom is 0.236 e. The van der Waals surface area contributed by atoms with Crippen LogP contribution in [-0.4, -0.2) is 58.5 Å². The van der Waals surface area contributed by atoms with Crippen molar-refractivity contribution in [1.29, 1.82) is 0 Å². The maximum absolute atomic E-state index is 12.3. The summed E-state index contributed by atoms with van der Waals surface area (Å²) in [5, 5.41) is 3.64. The molecule has 0 radical (unpaired) electrons. The number of nitrogens with one attached hydrogen (secondary N) is 1. The van der Waals surface area contributed by atoms with Crippen LogP contribution in [0, 0.1) is 0 Å². The molecule has 5 heteroatoms. The summed E-state index contributed by atoms with van der Waals surface area (Å²) in [7, 11) is 0. The summed E-state index contributed by atoms with van der Waals surface area (Å²) in [6.07, 6.45) is 0. The zero-order valence-electron chi connectivity index (χ0n) is 9.99. The van der Waals surface area contributed by atoms with E-state index in [1.807, 2.05) is 28.4 Å². The first-order chi connectivity index (χ1) is 7.58. The topological polar surface area (TPSA) is 32.3 Å². The number of thioether (sulfide) groups is 2. The molecule has 2 saturated heterocycles. The molecule has 0 bridgehead atoms. The minimum absolute atomic E-state index is 0.0698. The van der Waals surface area contributed by atoms with Crippen LogP contribution in [0.2, 0.25) is 0 Å². The molecule has 1 atom stereocenters. The second-order valence-corrected chi connectivity index (χ2v) is 7.47. The summed E-state index contributed by atoms with van der Waals surface area (Å²) in [6, 6.07) is 0. The SMILES string of the molecule is CC1(C)CN(C(=O)C2CSCCS2)CCN1. The molecule has 0 aromatic carbocycles. The lowest BCUT2D eigenvalue weighted by molar-refractivity contribution is -0.132. The molecule has 2 fully saturated rings. The van der Waals surface area contributed by atoms with E-state index >= 15 is 0 Å². The minimum atomic E-state index is 0.0698. The quantitative estimate of drug-likeness (QED) is 0.764. The molecule has 1 amide bonds. The summed E-state index contributed by atoms with van der Waals surface area (Å²) >= 11 is 3.74. The Kier molecular flexibility index (Phi) is 4.08. The Morgan fingerprint density at radius 2 is 2.25 bits per heavy atom. The second kappa shape index (κ2) is 5.19. The number of carbonyl (C=O) groups is 1. The van der Waals surface area contributed by atoms with Crippen LogP contribution >= 0.6 is 23.5 Å². The van der Waals surface area contributed by atoms with Gasteiger partial charge in [0, 0.05) is 42.4 Å². The monoisotopic (exact) mass is 260 g/mol. The molecule has 92 valence electrons. The van der Waals surface area contributed by atoms with Crippen molar-refractivity contribution < 1.29 is 4.79 Å². The molecule has 0 spiro atoms. The highest BCUT2D eigenvalue weighted by molar-refractivity contribution is 8.07. The van der Waals surface area contributed by atoms with Gasteiger partial charge in [0.25, 0.3) is 0 Å². The van der Waals surface area contributed by atoms with E-state index in [1.54, 1.807) is 0 Å². The van der Waals surface area contributed by atoms with Gasteiger partial charge in [-0.25, -0.2) is 0 Å². The molecule has 2 heterocycles. The summed E-state index contributed by atoms with van der Waals surface area (Å²) in [6.45, 7) is 6.95. The molecule has 2 aliphatic rings. The Labute approximate surface area is 106 Å². The van der Waals surface area contributed by atoms with Crippen LogP contribution in [0.5, 0.6) is 0 Å². The summed E-state index contributed by atoms with van der Waals surface area (Å²) in [4.78, 5) is 14.3. The van der Waals surface area contributed by atoms with Crippen molar-refractivity contribution in [3.8, 4) is 0 Å². The van der Waals surface area contributed by atoms with E-state index in [2.05, 4.69) is 19.2 Å². The van der Waals surface area contributed by atoms with Gasteiger partial charge >= 0.3 is 0 Å². The second-order valence-electron chi connectivity index (χ2n) is 5.00. The average molecular weight is 260 g/mol. The zero-order valence-corrected chi connectivity index (χ0v) is 11.6. The van der Waals surface area contributed by atoms with Crippen molar-refractivity contribution in [2.75, 3.05) is 36.9 Å². The number of carbonyl (C=O) groups excluding carboxylic acids is 1. The number of rotatable bonds is 1. The lowest BCUT2D eigenvalue weighted by Gasteiger charge is -2.40. The van der Waals surface area contributed by atoms with Gasteiger partial charge in [-0.05, 0) is 13.8 Å². The highest BCUT2D eigenvalue weighted by Crippen LogP contribution is 2.26. The van der Waals surface area contributed by atoms with Gasteiger partial charge in [0.1, 0.15) is 0 Å². The van der Waals surface area contributed by atoms with Crippen LogP contribution in [0.25, 0.3) is 0 Å². The van der Waals surface area contributed by atoms with Crippen LogP contribution < -0.4 is 5.32 Å². The molecule has 0 saturated carbocycles. The van der Waals surface area contributed by atoms with E-state index in [0.717, 1.165) is 31.1 Å². The average Bonchev–Trinajstić information content (AvgIpc) is 2.28. The summed E-state index contributed by atoms with van der Waals surface area (Å²) < 4.78 is 0. The predicted octanol–water partition coefficient (Wildman–Crippen LogP) is 1.05. The molecule has 1 unspecified atom stereocenters. The Bertz CT molecular complexity index is 265. The molecule has 3 nitrogen and oxygen atoms in total. The zero-order chi connectivity index (χ0) is 11.6. The van der Waals surface area contributed by atoms with E-state index in [9.17, 15) is 4.79 Å². The van der Waals surface area contributed by atoms with Crippen molar-refractivity contribution in [2.45, 2.75) is 24.6 Å². The first-order valence-electron chi connectivity index (χ1n) is 5.82. The van der Waals surface area contributed by atoms with Crippen molar-refractivity contribution in [3.05, 3.63) is 0 Å². The molecule has 2 rings (SSSR count). The fourth-order valence-corrected chi connectivity index (χ4v) is 4.79. The first kappa shape index (κ1) is 12.6. The van der Waals surface area contributed by atoms with Crippen LogP contribution in [0.1, 0.15) is 13.8 Å². The number of nitrogens with zero attached hydrogens (tertiary/aromatic N) is 1. The highest BCUT2D eigenvalue weighted by atomic mass is 32.2. The Balaban J connectivity index is 1.93. The van der Waals surface area contributed by atoms with Crippen LogP contribution in [0.4, 0.5) is 0 Å². The van der Waals surface area contributed by atoms with E-state index in [1.165, 1.54) is 5.75 Å². The maximum atomic E-state index is 12.3. The normalized spacial score (nSPS) is 30.1. The molecule has 2 aliphatic heterocycles. The lowest BCUT2D eigenvalue weighted by atomic mass is 10.0. The van der Waals surface area contributed by atoms with Gasteiger partial charge in [0.05, 0.1) is 5.25 Å². The van der Waals surface area contributed by atoms with Crippen molar-refractivity contribution >= 4 is 29.4 Å². The number of amides is 1. The van der Waals surface area contributed by atoms with Gasteiger partial charge in [-0.15, -0.1) is 11.8 Å². The van der Waals surface area contributed by atoms with Gasteiger partial charge in [0.2, 0.25) is 5.91 Å². The third kappa shape index (κ3) is 3.08. The third-order valence-electron chi connectivity index (χ3n) is 2.97. The van der Waals surface area contributed by atoms with Crippen molar-refractivity contribution in [1.82, 2.24) is 10.2 Å². The highest BCUT2D eigenvalue weighted by Gasteiger charge is 2.33. The Morgan fingerprint density at radius 1 is 1.44 bits per heavy atom. The van der Waals surface area contributed by atoms with Gasteiger partial charge in [-0.1, -0.05) is 0 Å². The van der Waals surface area contributed by atoms with Gasteiger partial charge in [-0.3, -0.25) is 4.79 Å². The van der Waals surface area contributed by atoms with Gasteiger partial charge in [-0.2, -0.15) is 11.8 Å². The Hall–Kier alpha value is 0.130. The van der Waals surface area contributed by atoms with Crippen LogP contribution in [0.15, 0.2) is 0 Å². The molecular formula is C11H20N2OS2.